The van der Waals surface area contributed by atoms with Crippen molar-refractivity contribution in [2.75, 3.05) is 19.7 Å². The molecule has 144 valence electrons. The predicted molar refractivity (Wildman–Crippen MR) is 104 cm³/mol. The molecule has 2 amide bonds. The van der Waals surface area contributed by atoms with Crippen molar-refractivity contribution in [1.29, 1.82) is 0 Å². The van der Waals surface area contributed by atoms with Crippen molar-refractivity contribution in [2.24, 2.45) is 5.92 Å². The first-order valence-electron chi connectivity index (χ1n) is 9.19. The molecule has 1 aromatic carbocycles. The molecule has 0 heterocycles. The molecule has 0 aliphatic heterocycles. The molecule has 1 aromatic rings. The van der Waals surface area contributed by atoms with Crippen LogP contribution in [0.5, 0.6) is 5.75 Å². The molecule has 1 fully saturated rings. The minimum Gasteiger partial charge on any atom is -0.492 e. The third kappa shape index (κ3) is 7.04. The van der Waals surface area contributed by atoms with Gasteiger partial charge in [-0.25, -0.2) is 0 Å². The molecule has 0 aromatic heterocycles. The Bertz CT molecular complexity index is 604. The van der Waals surface area contributed by atoms with Crippen LogP contribution in [0.1, 0.15) is 44.9 Å². The summed E-state index contributed by atoms with van der Waals surface area (Å²) >= 11 is 11.9. The Morgan fingerprint density at radius 3 is 2.58 bits per heavy atom. The number of ether oxygens (including phenoxy) is 1. The van der Waals surface area contributed by atoms with Crippen LogP contribution >= 0.6 is 23.2 Å². The fraction of sp³-hybridized carbons (Fsp3) is 0.579. The van der Waals surface area contributed by atoms with Gasteiger partial charge in [0.2, 0.25) is 11.8 Å². The standard InChI is InChI=1S/C19H26Cl2N2O3/c20-15-8-4-9-16(18(15)21)26-13-5-10-17(24)22-11-12-23-19(25)14-6-2-1-3-7-14/h4,8-9,14H,1-3,5-7,10-13H2,(H,22,24)(H,23,25). The van der Waals surface area contributed by atoms with E-state index in [1.807, 2.05) is 0 Å². The number of nitrogens with one attached hydrogen (secondary N) is 2. The summed E-state index contributed by atoms with van der Waals surface area (Å²) in [6, 6.07) is 5.19. The van der Waals surface area contributed by atoms with E-state index in [0.717, 1.165) is 25.7 Å². The minimum absolute atomic E-state index is 0.0577. The molecule has 0 spiro atoms. The van der Waals surface area contributed by atoms with Crippen LogP contribution in [0.2, 0.25) is 10.0 Å². The number of hydrogen-bond acceptors (Lipinski definition) is 3. The van der Waals surface area contributed by atoms with E-state index in [4.69, 9.17) is 27.9 Å². The van der Waals surface area contributed by atoms with Gasteiger partial charge >= 0.3 is 0 Å². The SMILES string of the molecule is O=C(CCCOc1cccc(Cl)c1Cl)NCCNC(=O)C1CCCCC1. The maximum absolute atomic E-state index is 12.0. The fourth-order valence-electron chi connectivity index (χ4n) is 3.00. The number of carbonyl (C=O) groups excluding carboxylic acids is 2. The van der Waals surface area contributed by atoms with Crippen molar-refractivity contribution in [3.63, 3.8) is 0 Å². The summed E-state index contributed by atoms with van der Waals surface area (Å²) in [5, 5.41) is 6.53. The Hall–Kier alpha value is -1.46. The lowest BCUT2D eigenvalue weighted by atomic mass is 9.89. The Kier molecular flexibility index (Phi) is 9.06. The molecule has 2 rings (SSSR count). The Balaban J connectivity index is 1.52. The highest BCUT2D eigenvalue weighted by molar-refractivity contribution is 6.42. The monoisotopic (exact) mass is 400 g/mol. The van der Waals surface area contributed by atoms with E-state index >= 15 is 0 Å². The van der Waals surface area contributed by atoms with Gasteiger partial charge in [-0.05, 0) is 31.4 Å². The number of hydrogen-bond donors (Lipinski definition) is 2. The maximum atomic E-state index is 12.0. The van der Waals surface area contributed by atoms with Gasteiger partial charge in [0.25, 0.3) is 0 Å². The van der Waals surface area contributed by atoms with E-state index in [1.165, 1.54) is 6.42 Å². The second kappa shape index (κ2) is 11.3. The van der Waals surface area contributed by atoms with Crippen molar-refractivity contribution in [3.8, 4) is 5.75 Å². The largest absolute Gasteiger partial charge is 0.492 e. The highest BCUT2D eigenvalue weighted by Gasteiger charge is 2.20. The van der Waals surface area contributed by atoms with Crippen LogP contribution in [0.3, 0.4) is 0 Å². The summed E-state index contributed by atoms with van der Waals surface area (Å²) in [4.78, 5) is 23.8. The van der Waals surface area contributed by atoms with Gasteiger partial charge in [0.1, 0.15) is 10.8 Å². The van der Waals surface area contributed by atoms with E-state index in [0.29, 0.717) is 48.3 Å². The van der Waals surface area contributed by atoms with Crippen LogP contribution in [-0.2, 0) is 9.59 Å². The van der Waals surface area contributed by atoms with Gasteiger partial charge in [-0.1, -0.05) is 48.5 Å². The van der Waals surface area contributed by atoms with Gasteiger partial charge in [-0.2, -0.15) is 0 Å². The molecular weight excluding hydrogens is 375 g/mol. The van der Waals surface area contributed by atoms with E-state index in [1.54, 1.807) is 18.2 Å². The molecular formula is C19H26Cl2N2O3. The molecule has 0 unspecified atom stereocenters. The van der Waals surface area contributed by atoms with Crippen molar-refractivity contribution < 1.29 is 14.3 Å². The second-order valence-electron chi connectivity index (χ2n) is 6.48. The van der Waals surface area contributed by atoms with E-state index in [-0.39, 0.29) is 17.7 Å². The summed E-state index contributed by atoms with van der Waals surface area (Å²) < 4.78 is 5.54. The molecule has 0 bridgehead atoms. The van der Waals surface area contributed by atoms with Crippen molar-refractivity contribution in [1.82, 2.24) is 10.6 Å². The third-order valence-electron chi connectivity index (χ3n) is 4.44. The van der Waals surface area contributed by atoms with Gasteiger partial charge in [-0.3, -0.25) is 9.59 Å². The number of rotatable bonds is 9. The van der Waals surface area contributed by atoms with Crippen LogP contribution in [0.4, 0.5) is 0 Å². The Morgan fingerprint density at radius 1 is 1.08 bits per heavy atom. The summed E-state index contributed by atoms with van der Waals surface area (Å²) in [6.07, 6.45) is 6.39. The molecule has 0 atom stereocenters. The normalized spacial score (nSPS) is 14.7. The first-order chi connectivity index (χ1) is 12.6. The number of carbonyl (C=O) groups is 2. The van der Waals surface area contributed by atoms with E-state index in [2.05, 4.69) is 10.6 Å². The summed E-state index contributed by atoms with van der Waals surface area (Å²) in [5.41, 5.74) is 0. The van der Waals surface area contributed by atoms with Gasteiger partial charge in [0, 0.05) is 25.4 Å². The Morgan fingerprint density at radius 2 is 1.81 bits per heavy atom. The van der Waals surface area contributed by atoms with Crippen LogP contribution in [0.25, 0.3) is 0 Å². The molecule has 0 saturated heterocycles. The first kappa shape index (κ1) is 20.8. The lowest BCUT2D eigenvalue weighted by Crippen LogP contribution is -2.38. The summed E-state index contributed by atoms with van der Waals surface area (Å²) in [7, 11) is 0. The van der Waals surface area contributed by atoms with Crippen LogP contribution in [-0.4, -0.2) is 31.5 Å². The van der Waals surface area contributed by atoms with Gasteiger partial charge in [0.05, 0.1) is 11.6 Å². The summed E-state index contributed by atoms with van der Waals surface area (Å²) in [6.45, 7) is 1.29. The topological polar surface area (TPSA) is 67.4 Å². The zero-order chi connectivity index (χ0) is 18.8. The maximum Gasteiger partial charge on any atom is 0.223 e. The second-order valence-corrected chi connectivity index (χ2v) is 7.27. The molecule has 1 saturated carbocycles. The molecule has 0 radical (unpaired) electrons. The highest BCUT2D eigenvalue weighted by Crippen LogP contribution is 2.31. The van der Waals surface area contributed by atoms with Crippen molar-refractivity contribution in [2.45, 2.75) is 44.9 Å². The van der Waals surface area contributed by atoms with Crippen LogP contribution in [0, 0.1) is 5.92 Å². The van der Waals surface area contributed by atoms with E-state index in [9.17, 15) is 9.59 Å². The summed E-state index contributed by atoms with van der Waals surface area (Å²) in [5.74, 6) is 0.725. The molecule has 7 heteroatoms. The van der Waals surface area contributed by atoms with E-state index < -0.39 is 0 Å². The smallest absolute Gasteiger partial charge is 0.223 e. The van der Waals surface area contributed by atoms with Crippen molar-refractivity contribution in [3.05, 3.63) is 28.2 Å². The minimum atomic E-state index is -0.0577. The Labute approximate surface area is 164 Å². The average Bonchev–Trinajstić information content (AvgIpc) is 2.66. The number of halogens is 2. The molecule has 26 heavy (non-hydrogen) atoms. The lowest BCUT2D eigenvalue weighted by molar-refractivity contribution is -0.126. The molecule has 5 nitrogen and oxygen atoms in total. The number of benzene rings is 1. The fourth-order valence-corrected chi connectivity index (χ4v) is 3.34. The quantitative estimate of drug-likeness (QED) is 0.616. The zero-order valence-corrected chi connectivity index (χ0v) is 16.4. The predicted octanol–water partition coefficient (Wildman–Crippen LogP) is 3.97. The van der Waals surface area contributed by atoms with Gasteiger partial charge in [0.15, 0.2) is 0 Å². The highest BCUT2D eigenvalue weighted by atomic mass is 35.5. The van der Waals surface area contributed by atoms with Crippen molar-refractivity contribution >= 4 is 35.0 Å². The van der Waals surface area contributed by atoms with Crippen LogP contribution < -0.4 is 15.4 Å². The third-order valence-corrected chi connectivity index (χ3v) is 5.25. The first-order valence-corrected chi connectivity index (χ1v) is 9.94. The average molecular weight is 401 g/mol. The van der Waals surface area contributed by atoms with Gasteiger partial charge in [-0.15, -0.1) is 0 Å². The molecule has 2 N–H and O–H groups in total. The van der Waals surface area contributed by atoms with Gasteiger partial charge < -0.3 is 15.4 Å². The van der Waals surface area contributed by atoms with Crippen LogP contribution in [0.15, 0.2) is 18.2 Å². The number of amides is 2. The zero-order valence-electron chi connectivity index (χ0n) is 14.9. The molecule has 1 aliphatic carbocycles. The lowest BCUT2D eigenvalue weighted by Gasteiger charge is -2.20. The molecule has 1 aliphatic rings.